The van der Waals surface area contributed by atoms with E-state index >= 15 is 0 Å². The molecule has 0 amide bonds. The predicted octanol–water partition coefficient (Wildman–Crippen LogP) is 6.40. The van der Waals surface area contributed by atoms with E-state index in [0.29, 0.717) is 11.4 Å². The Morgan fingerprint density at radius 2 is 1.31 bits per heavy atom. The van der Waals surface area contributed by atoms with E-state index in [9.17, 15) is 8.42 Å². The van der Waals surface area contributed by atoms with Crippen molar-refractivity contribution in [1.29, 1.82) is 0 Å². The van der Waals surface area contributed by atoms with Gasteiger partial charge in [-0.15, -0.1) is 0 Å². The standard InChI is InChI=1S/C28H33NO2S/c1-22-15-17-25(18-16-22)32(30,31)29-21-27(2,3)20-28(29,4)19-26(23-11-7-5-8-12-23)24-13-9-6-10-14-24/h5-18,26H,19-21H2,1-4H3/t28-/m0/s1. The lowest BCUT2D eigenvalue weighted by molar-refractivity contribution is 0.237. The van der Waals surface area contributed by atoms with Crippen LogP contribution in [0, 0.1) is 12.3 Å². The van der Waals surface area contributed by atoms with Gasteiger partial charge in [0.1, 0.15) is 0 Å². The molecule has 1 fully saturated rings. The first-order valence-corrected chi connectivity index (χ1v) is 12.7. The molecule has 3 aromatic carbocycles. The molecule has 4 heteroatoms. The summed E-state index contributed by atoms with van der Waals surface area (Å²) in [5.41, 5.74) is 2.91. The number of nitrogens with zero attached hydrogens (tertiary/aromatic N) is 1. The lowest BCUT2D eigenvalue weighted by Crippen LogP contribution is -2.46. The van der Waals surface area contributed by atoms with Crippen LogP contribution in [0.4, 0.5) is 0 Å². The molecule has 1 saturated heterocycles. The quantitative estimate of drug-likeness (QED) is 0.439. The van der Waals surface area contributed by atoms with E-state index in [-0.39, 0.29) is 11.3 Å². The minimum atomic E-state index is -3.61. The highest BCUT2D eigenvalue weighted by atomic mass is 32.2. The van der Waals surface area contributed by atoms with Crippen molar-refractivity contribution in [3.05, 3.63) is 102 Å². The van der Waals surface area contributed by atoms with Crippen LogP contribution < -0.4 is 0 Å². The molecule has 0 bridgehead atoms. The van der Waals surface area contributed by atoms with Gasteiger partial charge in [-0.2, -0.15) is 4.31 Å². The van der Waals surface area contributed by atoms with Crippen LogP contribution >= 0.6 is 0 Å². The van der Waals surface area contributed by atoms with E-state index in [1.807, 2.05) is 31.2 Å². The molecule has 0 N–H and O–H groups in total. The van der Waals surface area contributed by atoms with Crippen LogP contribution in [0.2, 0.25) is 0 Å². The van der Waals surface area contributed by atoms with E-state index < -0.39 is 15.6 Å². The summed E-state index contributed by atoms with van der Waals surface area (Å²) in [6.45, 7) is 8.98. The zero-order valence-corrected chi connectivity index (χ0v) is 20.3. The molecule has 0 aliphatic carbocycles. The summed E-state index contributed by atoms with van der Waals surface area (Å²) in [6, 6.07) is 28.1. The first-order chi connectivity index (χ1) is 15.1. The fourth-order valence-corrected chi connectivity index (χ4v) is 7.35. The summed E-state index contributed by atoms with van der Waals surface area (Å²) in [5.74, 6) is 0.118. The summed E-state index contributed by atoms with van der Waals surface area (Å²) in [5, 5.41) is 0. The summed E-state index contributed by atoms with van der Waals surface area (Å²) < 4.78 is 29.4. The molecule has 3 aromatic rings. The minimum absolute atomic E-state index is 0.0928. The van der Waals surface area contributed by atoms with Gasteiger partial charge >= 0.3 is 0 Å². The predicted molar refractivity (Wildman–Crippen MR) is 131 cm³/mol. The third kappa shape index (κ3) is 4.53. The van der Waals surface area contributed by atoms with Gasteiger partial charge < -0.3 is 0 Å². The Morgan fingerprint density at radius 3 is 1.81 bits per heavy atom. The van der Waals surface area contributed by atoms with Gasteiger partial charge in [-0.25, -0.2) is 8.42 Å². The molecule has 0 saturated carbocycles. The second-order valence-electron chi connectivity index (χ2n) is 10.2. The Labute approximate surface area is 193 Å². The van der Waals surface area contributed by atoms with Crippen LogP contribution in [-0.2, 0) is 10.0 Å². The van der Waals surface area contributed by atoms with Crippen molar-refractivity contribution in [2.45, 2.75) is 56.9 Å². The van der Waals surface area contributed by atoms with Gasteiger partial charge in [0.25, 0.3) is 0 Å². The first-order valence-electron chi connectivity index (χ1n) is 11.3. The van der Waals surface area contributed by atoms with Gasteiger partial charge in [-0.05, 0) is 55.4 Å². The highest BCUT2D eigenvalue weighted by molar-refractivity contribution is 7.89. The Kier molecular flexibility index (Phi) is 6.04. The summed E-state index contributed by atoms with van der Waals surface area (Å²) in [6.07, 6.45) is 1.55. The summed E-state index contributed by atoms with van der Waals surface area (Å²) >= 11 is 0. The molecular formula is C28H33NO2S. The van der Waals surface area contributed by atoms with Crippen molar-refractivity contribution in [1.82, 2.24) is 4.31 Å². The Balaban J connectivity index is 1.77. The molecule has 0 radical (unpaired) electrons. The van der Waals surface area contributed by atoms with E-state index in [4.69, 9.17) is 0 Å². The fourth-order valence-electron chi connectivity index (χ4n) is 5.38. The van der Waals surface area contributed by atoms with Gasteiger partial charge in [0, 0.05) is 18.0 Å². The molecule has 1 heterocycles. The molecule has 1 aliphatic rings. The van der Waals surface area contributed by atoms with E-state index in [0.717, 1.165) is 18.4 Å². The van der Waals surface area contributed by atoms with E-state index in [1.165, 1.54) is 11.1 Å². The molecule has 0 unspecified atom stereocenters. The lowest BCUT2D eigenvalue weighted by Gasteiger charge is -2.37. The number of hydrogen-bond acceptors (Lipinski definition) is 2. The summed E-state index contributed by atoms with van der Waals surface area (Å²) in [4.78, 5) is 0.378. The summed E-state index contributed by atoms with van der Waals surface area (Å²) in [7, 11) is -3.61. The zero-order valence-electron chi connectivity index (χ0n) is 19.5. The van der Waals surface area contributed by atoms with E-state index in [2.05, 4.69) is 69.3 Å². The van der Waals surface area contributed by atoms with Gasteiger partial charge in [0.2, 0.25) is 10.0 Å². The molecule has 4 rings (SSSR count). The normalized spacial score (nSPS) is 21.2. The average molecular weight is 448 g/mol. The number of benzene rings is 3. The number of sulfonamides is 1. The second kappa shape index (κ2) is 8.49. The van der Waals surface area contributed by atoms with Crippen LogP contribution in [0.25, 0.3) is 0 Å². The largest absolute Gasteiger partial charge is 0.243 e. The monoisotopic (exact) mass is 447 g/mol. The Morgan fingerprint density at radius 1 is 0.812 bits per heavy atom. The molecule has 1 aliphatic heterocycles. The molecule has 3 nitrogen and oxygen atoms in total. The van der Waals surface area contributed by atoms with Crippen molar-refractivity contribution in [2.24, 2.45) is 5.41 Å². The van der Waals surface area contributed by atoms with Crippen molar-refractivity contribution in [2.75, 3.05) is 6.54 Å². The SMILES string of the molecule is Cc1ccc(S(=O)(=O)N2CC(C)(C)C[C@]2(C)CC(c2ccccc2)c2ccccc2)cc1. The number of rotatable bonds is 6. The number of hydrogen-bond donors (Lipinski definition) is 0. The highest BCUT2D eigenvalue weighted by Crippen LogP contribution is 2.49. The molecule has 0 spiro atoms. The lowest BCUT2D eigenvalue weighted by atomic mass is 9.76. The van der Waals surface area contributed by atoms with Crippen molar-refractivity contribution >= 4 is 10.0 Å². The third-order valence-corrected chi connectivity index (χ3v) is 8.71. The molecule has 168 valence electrons. The molecule has 0 aromatic heterocycles. The van der Waals surface area contributed by atoms with Crippen LogP contribution in [-0.4, -0.2) is 24.8 Å². The fraction of sp³-hybridized carbons (Fsp3) is 0.357. The maximum absolute atomic E-state index is 13.8. The minimum Gasteiger partial charge on any atom is -0.207 e. The maximum atomic E-state index is 13.8. The molecule has 1 atom stereocenters. The van der Waals surface area contributed by atoms with Gasteiger partial charge in [0.05, 0.1) is 4.90 Å². The van der Waals surface area contributed by atoms with Crippen LogP contribution in [0.15, 0.2) is 89.8 Å². The number of aryl methyl sites for hydroxylation is 1. The maximum Gasteiger partial charge on any atom is 0.243 e. The van der Waals surface area contributed by atoms with Crippen molar-refractivity contribution < 1.29 is 8.42 Å². The zero-order chi connectivity index (χ0) is 23.0. The molecule has 32 heavy (non-hydrogen) atoms. The topological polar surface area (TPSA) is 37.4 Å². The van der Waals surface area contributed by atoms with Crippen LogP contribution in [0.3, 0.4) is 0 Å². The van der Waals surface area contributed by atoms with Crippen LogP contribution in [0.5, 0.6) is 0 Å². The van der Waals surface area contributed by atoms with Gasteiger partial charge in [-0.3, -0.25) is 0 Å². The van der Waals surface area contributed by atoms with Crippen molar-refractivity contribution in [3.63, 3.8) is 0 Å². The van der Waals surface area contributed by atoms with Crippen LogP contribution in [0.1, 0.15) is 56.2 Å². The van der Waals surface area contributed by atoms with Gasteiger partial charge in [-0.1, -0.05) is 92.2 Å². The van der Waals surface area contributed by atoms with Crippen molar-refractivity contribution in [3.8, 4) is 0 Å². The Hall–Kier alpha value is -2.43. The second-order valence-corrected chi connectivity index (χ2v) is 12.1. The third-order valence-electron chi connectivity index (χ3n) is 6.69. The first kappa shape index (κ1) is 22.8. The highest BCUT2D eigenvalue weighted by Gasteiger charge is 2.52. The smallest absolute Gasteiger partial charge is 0.207 e. The van der Waals surface area contributed by atoms with E-state index in [1.54, 1.807) is 16.4 Å². The Bertz CT molecular complexity index is 1120. The van der Waals surface area contributed by atoms with Gasteiger partial charge in [0.15, 0.2) is 0 Å². The average Bonchev–Trinajstić information content (AvgIpc) is 3.03. The molecular weight excluding hydrogens is 414 g/mol.